The van der Waals surface area contributed by atoms with Crippen LogP contribution >= 0.6 is 0 Å². The average molecular weight is 504 g/mol. The third-order valence-corrected chi connectivity index (χ3v) is 7.07. The van der Waals surface area contributed by atoms with Crippen LogP contribution in [0.3, 0.4) is 0 Å². The molecule has 0 amide bonds. The van der Waals surface area contributed by atoms with E-state index in [2.05, 4.69) is 41.0 Å². The summed E-state index contributed by atoms with van der Waals surface area (Å²) in [6.45, 7) is 20.8. The van der Waals surface area contributed by atoms with E-state index in [1.54, 1.807) is 0 Å². The molecule has 6 rings (SSSR count). The zero-order valence-electron chi connectivity index (χ0n) is 25.1. The standard InChI is InChI=1S/2C6H11.2C5H9.C5H10.C4H7.C3H7.CH3O/c1-6-4-2-3-5-6;1-2-4-6-5-3-1;1-5-3-2-4-5;1-2-5-3-4-5;1-2-4-5-3-1;1-4-2-3-4;1-3-2;1-2/h6H,1-5H2;1H,2-6H2;2*5H,1-4H2;1-5H2;4H,1-3H2;1,3H2,2H3;1H3. The largest absolute Gasteiger partial charge is 0.240 e. The topological polar surface area (TPSA) is 19.9 Å². The van der Waals surface area contributed by atoms with E-state index in [9.17, 15) is 0 Å². The maximum atomic E-state index is 8.25. The molecule has 0 heterocycles. The maximum Gasteiger partial charge on any atom is 0.0712 e. The summed E-state index contributed by atoms with van der Waals surface area (Å²) in [7, 11) is 0.750. The molecule has 1 heteroatoms. The second kappa shape index (κ2) is 31.2. The van der Waals surface area contributed by atoms with Crippen LogP contribution in [0.1, 0.15) is 155 Å². The Morgan fingerprint density at radius 2 is 0.833 bits per heavy atom. The van der Waals surface area contributed by atoms with Crippen LogP contribution < -0.4 is 0 Å². The third-order valence-electron chi connectivity index (χ3n) is 7.07. The highest BCUT2D eigenvalue weighted by molar-refractivity contribution is 4.74. The minimum atomic E-state index is 0.750. The van der Waals surface area contributed by atoms with Crippen LogP contribution in [0.15, 0.2) is 0 Å². The Labute approximate surface area is 231 Å². The SMILES string of the molecule is C1CCCC1.C[O].[CH2]C1CC1.[CH2]C1CCC1.[CH2]C1CCCC1.[CH2]CC.[CH2]CC1CC1.[CH]1CCCCC1. The molecule has 0 aromatic carbocycles. The molecule has 0 aromatic rings. The molecular weight excluding hydrogens is 436 g/mol. The molecule has 0 aromatic heterocycles. The summed E-state index contributed by atoms with van der Waals surface area (Å²) in [6, 6.07) is 0. The zero-order chi connectivity index (χ0) is 27.3. The van der Waals surface area contributed by atoms with Gasteiger partial charge in [0.25, 0.3) is 0 Å². The van der Waals surface area contributed by atoms with Gasteiger partial charge in [0.05, 0.1) is 7.11 Å². The van der Waals surface area contributed by atoms with E-state index in [4.69, 9.17) is 5.11 Å². The molecule has 1 nitrogen and oxygen atoms in total. The summed E-state index contributed by atoms with van der Waals surface area (Å²) in [6.07, 6.45) is 34.6. The fourth-order valence-electron chi connectivity index (χ4n) is 3.81. The first-order chi connectivity index (χ1) is 17.5. The quantitative estimate of drug-likeness (QED) is 0.339. The van der Waals surface area contributed by atoms with Crippen molar-refractivity contribution in [3.05, 3.63) is 41.0 Å². The Balaban J connectivity index is 0. The van der Waals surface area contributed by atoms with Gasteiger partial charge < -0.3 is 0 Å². The van der Waals surface area contributed by atoms with Crippen molar-refractivity contribution in [1.29, 1.82) is 0 Å². The molecular formula is C35H67O. The van der Waals surface area contributed by atoms with Gasteiger partial charge in [-0.3, -0.25) is 0 Å². The molecule has 0 atom stereocenters. The summed E-state index contributed by atoms with van der Waals surface area (Å²) in [4.78, 5) is 0. The van der Waals surface area contributed by atoms with Crippen molar-refractivity contribution in [1.82, 2.24) is 0 Å². The van der Waals surface area contributed by atoms with Gasteiger partial charge in [-0.15, -0.1) is 0 Å². The van der Waals surface area contributed by atoms with Crippen molar-refractivity contribution < 1.29 is 5.11 Å². The monoisotopic (exact) mass is 504 g/mol. The third kappa shape index (κ3) is 36.1. The molecule has 0 aliphatic heterocycles. The van der Waals surface area contributed by atoms with Crippen molar-refractivity contribution in [3.63, 3.8) is 0 Å². The molecule has 7 radical (unpaired) electrons. The summed E-state index contributed by atoms with van der Waals surface area (Å²) in [5, 5.41) is 8.25. The van der Waals surface area contributed by atoms with Crippen LogP contribution in [0.4, 0.5) is 0 Å². The Bertz CT molecular complexity index is 334. The second-order valence-electron chi connectivity index (χ2n) is 11.3. The van der Waals surface area contributed by atoms with E-state index >= 15 is 0 Å². The molecule has 6 aliphatic rings. The van der Waals surface area contributed by atoms with Crippen LogP contribution in [0.25, 0.3) is 0 Å². The summed E-state index contributed by atoms with van der Waals surface area (Å²) in [5.41, 5.74) is 0. The minimum Gasteiger partial charge on any atom is -0.240 e. The van der Waals surface area contributed by atoms with Crippen LogP contribution in [0.2, 0.25) is 0 Å². The Hall–Kier alpha value is -0.0400. The highest BCUT2D eigenvalue weighted by Crippen LogP contribution is 2.31. The fourth-order valence-corrected chi connectivity index (χ4v) is 3.81. The van der Waals surface area contributed by atoms with Crippen molar-refractivity contribution in [2.45, 2.75) is 155 Å². The maximum absolute atomic E-state index is 8.25. The Morgan fingerprint density at radius 1 is 0.528 bits per heavy atom. The first-order valence-electron chi connectivity index (χ1n) is 15.8. The van der Waals surface area contributed by atoms with Crippen molar-refractivity contribution in [3.8, 4) is 0 Å². The van der Waals surface area contributed by atoms with E-state index < -0.39 is 0 Å². The molecule has 36 heavy (non-hydrogen) atoms. The van der Waals surface area contributed by atoms with Gasteiger partial charge in [-0.25, -0.2) is 5.11 Å². The number of rotatable bonds is 1. The molecule has 6 saturated carbocycles. The lowest BCUT2D eigenvalue weighted by atomic mass is 9.88. The number of hydrogen-bond acceptors (Lipinski definition) is 0. The van der Waals surface area contributed by atoms with E-state index in [0.717, 1.165) is 37.2 Å². The molecule has 0 bridgehead atoms. The summed E-state index contributed by atoms with van der Waals surface area (Å²) in [5.74, 6) is 3.47. The van der Waals surface area contributed by atoms with Gasteiger partial charge in [0.15, 0.2) is 0 Å². The van der Waals surface area contributed by atoms with Gasteiger partial charge in [0, 0.05) is 0 Å². The van der Waals surface area contributed by atoms with Gasteiger partial charge in [-0.1, -0.05) is 189 Å². The first kappa shape index (κ1) is 38.1. The average Bonchev–Trinajstić information content (AvgIpc) is 3.77. The predicted octanol–water partition coefficient (Wildman–Crippen LogP) is 11.9. The van der Waals surface area contributed by atoms with Gasteiger partial charge in [-0.2, -0.15) is 0 Å². The summed E-state index contributed by atoms with van der Waals surface area (Å²) < 4.78 is 0. The Kier molecular flexibility index (Phi) is 33.0. The number of hydrogen-bond donors (Lipinski definition) is 0. The van der Waals surface area contributed by atoms with Crippen molar-refractivity contribution in [2.24, 2.45) is 23.7 Å². The fraction of sp³-hybridized carbons (Fsp3) is 0.829. The van der Waals surface area contributed by atoms with Crippen LogP contribution in [0, 0.1) is 64.7 Å². The minimum absolute atomic E-state index is 0.750. The molecule has 0 saturated heterocycles. The molecule has 0 spiro atoms. The van der Waals surface area contributed by atoms with Crippen LogP contribution in [-0.2, 0) is 5.11 Å². The second-order valence-corrected chi connectivity index (χ2v) is 11.3. The van der Waals surface area contributed by atoms with E-state index in [1.807, 2.05) is 6.92 Å². The molecule has 0 N–H and O–H groups in total. The predicted molar refractivity (Wildman–Crippen MR) is 164 cm³/mol. The van der Waals surface area contributed by atoms with Gasteiger partial charge in [-0.05, 0) is 30.1 Å². The van der Waals surface area contributed by atoms with E-state index in [1.165, 1.54) is 141 Å². The van der Waals surface area contributed by atoms with Gasteiger partial charge >= 0.3 is 0 Å². The molecule has 6 fully saturated rings. The van der Waals surface area contributed by atoms with Gasteiger partial charge in [0.1, 0.15) is 0 Å². The van der Waals surface area contributed by atoms with Crippen LogP contribution in [-0.4, -0.2) is 7.11 Å². The lowest BCUT2D eigenvalue weighted by molar-refractivity contribution is 0.282. The van der Waals surface area contributed by atoms with Crippen molar-refractivity contribution >= 4 is 0 Å². The van der Waals surface area contributed by atoms with E-state index in [0.29, 0.717) is 0 Å². The Morgan fingerprint density at radius 3 is 0.917 bits per heavy atom. The molecule has 6 aliphatic carbocycles. The highest BCUT2D eigenvalue weighted by atomic mass is 16.2. The van der Waals surface area contributed by atoms with Crippen molar-refractivity contribution in [2.75, 3.05) is 7.11 Å². The summed E-state index contributed by atoms with van der Waals surface area (Å²) >= 11 is 0. The first-order valence-corrected chi connectivity index (χ1v) is 15.8. The normalized spacial score (nSPS) is 22.0. The zero-order valence-corrected chi connectivity index (χ0v) is 25.1. The molecule has 213 valence electrons. The lowest BCUT2D eigenvalue weighted by Gasteiger charge is -2.18. The van der Waals surface area contributed by atoms with E-state index in [-0.39, 0.29) is 0 Å². The smallest absolute Gasteiger partial charge is 0.0712 e. The highest BCUT2D eigenvalue weighted by Gasteiger charge is 2.17. The lowest BCUT2D eigenvalue weighted by Crippen LogP contribution is -2.04. The van der Waals surface area contributed by atoms with Gasteiger partial charge in [0.2, 0.25) is 0 Å². The van der Waals surface area contributed by atoms with Crippen LogP contribution in [0.5, 0.6) is 0 Å². The molecule has 0 unspecified atom stereocenters.